The highest BCUT2D eigenvalue weighted by Gasteiger charge is 2.15. The lowest BCUT2D eigenvalue weighted by Gasteiger charge is -2.17. The van der Waals surface area contributed by atoms with Crippen molar-refractivity contribution in [1.82, 2.24) is 5.32 Å². The Morgan fingerprint density at radius 1 is 1.31 bits per heavy atom. The molecule has 3 nitrogen and oxygen atoms in total. The summed E-state index contributed by atoms with van der Waals surface area (Å²) in [5, 5.41) is 3.26. The summed E-state index contributed by atoms with van der Waals surface area (Å²) < 4.78 is 0. The largest absolute Gasteiger partial charge is 0.399 e. The Morgan fingerprint density at radius 2 is 1.88 bits per heavy atom. The van der Waals surface area contributed by atoms with E-state index in [9.17, 15) is 4.79 Å². The van der Waals surface area contributed by atoms with Crippen LogP contribution in [0.4, 0.5) is 5.69 Å². The number of nitrogens with one attached hydrogen (secondary N) is 1. The van der Waals surface area contributed by atoms with E-state index < -0.39 is 0 Å². The van der Waals surface area contributed by atoms with Gasteiger partial charge in [-0.15, -0.1) is 0 Å². The minimum absolute atomic E-state index is 0.111. The number of ketones is 1. The van der Waals surface area contributed by atoms with Gasteiger partial charge in [0.15, 0.2) is 5.78 Å². The van der Waals surface area contributed by atoms with E-state index in [0.717, 1.165) is 6.42 Å². The van der Waals surface area contributed by atoms with Gasteiger partial charge in [0.05, 0.1) is 6.04 Å². The molecule has 1 aromatic rings. The molecular formula is C13H20N2O. The average Bonchev–Trinajstić information content (AvgIpc) is 2.28. The van der Waals surface area contributed by atoms with Crippen LogP contribution in [-0.2, 0) is 0 Å². The molecule has 1 aromatic carbocycles. The van der Waals surface area contributed by atoms with Crippen LogP contribution in [0.25, 0.3) is 0 Å². The van der Waals surface area contributed by atoms with Gasteiger partial charge in [0.1, 0.15) is 0 Å². The molecule has 0 saturated heterocycles. The lowest BCUT2D eigenvalue weighted by Crippen LogP contribution is -2.39. The molecule has 0 radical (unpaired) electrons. The molecule has 0 aliphatic heterocycles. The standard InChI is InChI=1S/C13H20N2O/c1-4-9(2)15-10(3)13(16)11-5-7-12(14)8-6-11/h5-10,15H,4,14H2,1-3H3. The van der Waals surface area contributed by atoms with Crippen LogP contribution in [0.15, 0.2) is 24.3 Å². The van der Waals surface area contributed by atoms with Gasteiger partial charge in [0, 0.05) is 17.3 Å². The molecule has 2 atom stereocenters. The van der Waals surface area contributed by atoms with E-state index in [1.165, 1.54) is 0 Å². The minimum Gasteiger partial charge on any atom is -0.399 e. The van der Waals surface area contributed by atoms with Gasteiger partial charge in [-0.1, -0.05) is 6.92 Å². The first-order chi connectivity index (χ1) is 7.54. The molecule has 0 aromatic heterocycles. The van der Waals surface area contributed by atoms with E-state index in [2.05, 4.69) is 19.2 Å². The summed E-state index contributed by atoms with van der Waals surface area (Å²) in [5.74, 6) is 0.111. The van der Waals surface area contributed by atoms with Crippen molar-refractivity contribution in [1.29, 1.82) is 0 Å². The molecular weight excluding hydrogens is 200 g/mol. The summed E-state index contributed by atoms with van der Waals surface area (Å²) in [6.07, 6.45) is 1.01. The van der Waals surface area contributed by atoms with Crippen LogP contribution in [0.5, 0.6) is 0 Å². The number of Topliss-reactive ketones (excluding diaryl/α,β-unsaturated/α-hetero) is 1. The van der Waals surface area contributed by atoms with Gasteiger partial charge in [-0.2, -0.15) is 0 Å². The van der Waals surface area contributed by atoms with Gasteiger partial charge in [-0.3, -0.25) is 4.79 Å². The molecule has 3 N–H and O–H groups in total. The van der Waals surface area contributed by atoms with Gasteiger partial charge >= 0.3 is 0 Å². The summed E-state index contributed by atoms with van der Waals surface area (Å²) in [5.41, 5.74) is 6.96. The summed E-state index contributed by atoms with van der Waals surface area (Å²) in [4.78, 5) is 12.0. The van der Waals surface area contributed by atoms with E-state index in [1.807, 2.05) is 6.92 Å². The van der Waals surface area contributed by atoms with E-state index in [0.29, 0.717) is 17.3 Å². The molecule has 1 rings (SSSR count). The van der Waals surface area contributed by atoms with Crippen LogP contribution in [0.1, 0.15) is 37.6 Å². The Morgan fingerprint density at radius 3 is 2.38 bits per heavy atom. The zero-order valence-electron chi connectivity index (χ0n) is 10.2. The van der Waals surface area contributed by atoms with Crippen molar-refractivity contribution in [3.8, 4) is 0 Å². The quantitative estimate of drug-likeness (QED) is 0.591. The third kappa shape index (κ3) is 3.35. The highest BCUT2D eigenvalue weighted by atomic mass is 16.1. The van der Waals surface area contributed by atoms with Crippen LogP contribution < -0.4 is 11.1 Å². The Bertz CT molecular complexity index is 345. The third-order valence-corrected chi connectivity index (χ3v) is 2.74. The van der Waals surface area contributed by atoms with Gasteiger partial charge in [0.25, 0.3) is 0 Å². The zero-order valence-corrected chi connectivity index (χ0v) is 10.2. The van der Waals surface area contributed by atoms with Crippen molar-refractivity contribution >= 4 is 11.5 Å². The molecule has 0 fully saturated rings. The number of hydrogen-bond acceptors (Lipinski definition) is 3. The maximum atomic E-state index is 12.0. The Hall–Kier alpha value is -1.35. The SMILES string of the molecule is CCC(C)NC(C)C(=O)c1ccc(N)cc1. The van der Waals surface area contributed by atoms with Crippen molar-refractivity contribution in [3.63, 3.8) is 0 Å². The predicted octanol–water partition coefficient (Wildman–Crippen LogP) is 2.23. The average molecular weight is 220 g/mol. The maximum absolute atomic E-state index is 12.0. The lowest BCUT2D eigenvalue weighted by atomic mass is 10.0. The molecule has 0 heterocycles. The normalized spacial score (nSPS) is 14.4. The third-order valence-electron chi connectivity index (χ3n) is 2.74. The van der Waals surface area contributed by atoms with Crippen LogP contribution in [0, 0.1) is 0 Å². The lowest BCUT2D eigenvalue weighted by molar-refractivity contribution is 0.0945. The molecule has 88 valence electrons. The summed E-state index contributed by atoms with van der Waals surface area (Å²) in [6, 6.07) is 7.25. The van der Waals surface area contributed by atoms with Crippen molar-refractivity contribution in [3.05, 3.63) is 29.8 Å². The fourth-order valence-corrected chi connectivity index (χ4v) is 1.52. The molecule has 2 unspecified atom stereocenters. The van der Waals surface area contributed by atoms with Crippen LogP contribution in [-0.4, -0.2) is 17.9 Å². The first-order valence-electron chi connectivity index (χ1n) is 5.70. The second kappa shape index (κ2) is 5.66. The number of nitrogen functional groups attached to an aromatic ring is 1. The summed E-state index contributed by atoms with van der Waals surface area (Å²) in [7, 11) is 0. The highest BCUT2D eigenvalue weighted by molar-refractivity contribution is 6.00. The second-order valence-electron chi connectivity index (χ2n) is 4.18. The number of carbonyl (C=O) groups is 1. The summed E-state index contributed by atoms with van der Waals surface area (Å²) >= 11 is 0. The number of carbonyl (C=O) groups excluding carboxylic acids is 1. The molecule has 0 saturated carbocycles. The van der Waals surface area contributed by atoms with Gasteiger partial charge in [0.2, 0.25) is 0 Å². The van der Waals surface area contributed by atoms with E-state index in [-0.39, 0.29) is 11.8 Å². The molecule has 0 amide bonds. The number of rotatable bonds is 5. The molecule has 0 aliphatic carbocycles. The fraction of sp³-hybridized carbons (Fsp3) is 0.462. The number of hydrogen-bond donors (Lipinski definition) is 2. The van der Waals surface area contributed by atoms with Crippen molar-refractivity contribution in [2.45, 2.75) is 39.3 Å². The fourth-order valence-electron chi connectivity index (χ4n) is 1.52. The number of nitrogens with two attached hydrogens (primary N) is 1. The van der Waals surface area contributed by atoms with Crippen molar-refractivity contribution in [2.24, 2.45) is 0 Å². The predicted molar refractivity (Wildman–Crippen MR) is 67.5 cm³/mol. The summed E-state index contributed by atoms with van der Waals surface area (Å²) in [6.45, 7) is 6.07. The van der Waals surface area contributed by atoms with Gasteiger partial charge in [-0.25, -0.2) is 0 Å². The van der Waals surface area contributed by atoms with Crippen LogP contribution in [0.3, 0.4) is 0 Å². The molecule has 0 aliphatic rings. The van der Waals surface area contributed by atoms with E-state index in [4.69, 9.17) is 5.73 Å². The van der Waals surface area contributed by atoms with E-state index >= 15 is 0 Å². The Balaban J connectivity index is 2.67. The van der Waals surface area contributed by atoms with Crippen LogP contribution >= 0.6 is 0 Å². The topological polar surface area (TPSA) is 55.1 Å². The first kappa shape index (κ1) is 12.7. The minimum atomic E-state index is -0.154. The monoisotopic (exact) mass is 220 g/mol. The Kier molecular flexibility index (Phi) is 4.50. The Labute approximate surface area is 97.0 Å². The molecule has 3 heteroatoms. The van der Waals surface area contributed by atoms with Crippen LogP contribution in [0.2, 0.25) is 0 Å². The van der Waals surface area contributed by atoms with Crippen molar-refractivity contribution in [2.75, 3.05) is 5.73 Å². The zero-order chi connectivity index (χ0) is 12.1. The number of benzene rings is 1. The number of anilines is 1. The second-order valence-corrected chi connectivity index (χ2v) is 4.18. The molecule has 0 bridgehead atoms. The highest BCUT2D eigenvalue weighted by Crippen LogP contribution is 2.08. The molecule has 0 spiro atoms. The van der Waals surface area contributed by atoms with Gasteiger partial charge < -0.3 is 11.1 Å². The van der Waals surface area contributed by atoms with Gasteiger partial charge in [-0.05, 0) is 44.5 Å². The smallest absolute Gasteiger partial charge is 0.179 e. The van der Waals surface area contributed by atoms with E-state index in [1.54, 1.807) is 24.3 Å². The first-order valence-corrected chi connectivity index (χ1v) is 5.70. The van der Waals surface area contributed by atoms with Crippen molar-refractivity contribution < 1.29 is 4.79 Å². The maximum Gasteiger partial charge on any atom is 0.179 e. The molecule has 16 heavy (non-hydrogen) atoms.